The highest BCUT2D eigenvalue weighted by Gasteiger charge is 2.29. The van der Waals surface area contributed by atoms with Gasteiger partial charge in [0.1, 0.15) is 18.1 Å². The Labute approximate surface area is 139 Å². The third-order valence-corrected chi connectivity index (χ3v) is 3.80. The zero-order chi connectivity index (χ0) is 16.1. The van der Waals surface area contributed by atoms with Crippen LogP contribution in [0.5, 0.6) is 5.75 Å². The Morgan fingerprint density at radius 1 is 1.36 bits per heavy atom. The van der Waals surface area contributed by atoms with Crippen molar-refractivity contribution in [3.05, 3.63) is 41.2 Å². The van der Waals surface area contributed by atoms with E-state index in [1.165, 1.54) is 11.8 Å². The van der Waals surface area contributed by atoms with Crippen LogP contribution >= 0.6 is 23.4 Å². The molecule has 1 aliphatic rings. The number of amidine groups is 1. The van der Waals surface area contributed by atoms with E-state index in [4.69, 9.17) is 16.3 Å². The summed E-state index contributed by atoms with van der Waals surface area (Å²) in [6.07, 6.45) is 3.62. The van der Waals surface area contributed by atoms with Crippen molar-refractivity contribution in [3.63, 3.8) is 0 Å². The predicted octanol–water partition coefficient (Wildman–Crippen LogP) is 2.68. The lowest BCUT2D eigenvalue weighted by Crippen LogP contribution is -2.34. The van der Waals surface area contributed by atoms with Crippen LogP contribution in [0.15, 0.2) is 41.2 Å². The topological polar surface area (TPSA) is 45.1 Å². The Morgan fingerprint density at radius 2 is 2.05 bits per heavy atom. The monoisotopic (exact) mass is 339 g/mol. The van der Waals surface area contributed by atoms with E-state index in [1.807, 2.05) is 25.3 Å². The highest BCUT2D eigenvalue weighted by atomic mass is 35.5. The van der Waals surface area contributed by atoms with Crippen LogP contribution in [-0.4, -0.2) is 54.4 Å². The minimum absolute atomic E-state index is 0.0993. The Balaban J connectivity index is 1.96. The molecule has 22 heavy (non-hydrogen) atoms. The minimum Gasteiger partial charge on any atom is -0.492 e. The van der Waals surface area contributed by atoms with Crippen LogP contribution in [0.2, 0.25) is 5.02 Å². The van der Waals surface area contributed by atoms with Crippen molar-refractivity contribution in [3.8, 4) is 5.75 Å². The number of nitrogens with zero attached hydrogens (tertiary/aromatic N) is 3. The number of rotatable bonds is 5. The van der Waals surface area contributed by atoms with Gasteiger partial charge in [0.2, 0.25) is 0 Å². The summed E-state index contributed by atoms with van der Waals surface area (Å²) in [6, 6.07) is 7.14. The molecule has 1 heterocycles. The maximum atomic E-state index is 12.3. The fourth-order valence-electron chi connectivity index (χ4n) is 1.90. The lowest BCUT2D eigenvalue weighted by molar-refractivity contribution is -0.122. The van der Waals surface area contributed by atoms with E-state index in [9.17, 15) is 4.79 Å². The lowest BCUT2D eigenvalue weighted by Gasteiger charge is -2.17. The number of carbonyl (C=O) groups is 1. The molecular weight excluding hydrogens is 322 g/mol. The minimum atomic E-state index is -0.0993. The molecule has 0 spiro atoms. The summed E-state index contributed by atoms with van der Waals surface area (Å²) in [5, 5.41) is 1.36. The molecule has 0 saturated carbocycles. The Kier molecular flexibility index (Phi) is 5.74. The molecule has 2 rings (SSSR count). The fourth-order valence-corrected chi connectivity index (χ4v) is 2.61. The summed E-state index contributed by atoms with van der Waals surface area (Å²) < 4.78 is 5.63. The largest absolute Gasteiger partial charge is 0.492 e. The van der Waals surface area contributed by atoms with Gasteiger partial charge in [-0.25, -0.2) is 4.99 Å². The number of benzene rings is 1. The number of hydrogen-bond acceptors (Lipinski definition) is 5. The average molecular weight is 340 g/mol. The van der Waals surface area contributed by atoms with E-state index in [2.05, 4.69) is 4.99 Å². The first kappa shape index (κ1) is 16.7. The van der Waals surface area contributed by atoms with Gasteiger partial charge in [-0.3, -0.25) is 9.69 Å². The van der Waals surface area contributed by atoms with Crippen molar-refractivity contribution in [2.75, 3.05) is 33.5 Å². The van der Waals surface area contributed by atoms with E-state index in [0.717, 1.165) is 5.75 Å². The maximum Gasteiger partial charge on any atom is 0.280 e. The summed E-state index contributed by atoms with van der Waals surface area (Å²) in [5.41, 5.74) is 0.445. The van der Waals surface area contributed by atoms with Gasteiger partial charge < -0.3 is 9.64 Å². The van der Waals surface area contributed by atoms with Gasteiger partial charge >= 0.3 is 0 Å². The molecule has 0 aliphatic carbocycles. The van der Waals surface area contributed by atoms with Gasteiger partial charge in [-0.15, -0.1) is 0 Å². The number of halogens is 1. The van der Waals surface area contributed by atoms with Crippen LogP contribution in [0, 0.1) is 0 Å². The second-order valence-electron chi connectivity index (χ2n) is 4.84. The number of thioether (sulfide) groups is 1. The first-order valence-electron chi connectivity index (χ1n) is 6.72. The average Bonchev–Trinajstić information content (AvgIpc) is 2.77. The van der Waals surface area contributed by atoms with Crippen molar-refractivity contribution >= 4 is 34.4 Å². The molecular formula is C15H18ClN3O2S. The third-order valence-electron chi connectivity index (χ3n) is 2.87. The molecule has 1 amide bonds. The summed E-state index contributed by atoms with van der Waals surface area (Å²) in [5.74, 6) is 0.625. The van der Waals surface area contributed by atoms with Crippen LogP contribution in [0.1, 0.15) is 0 Å². The summed E-state index contributed by atoms with van der Waals surface area (Å²) >= 11 is 7.27. The van der Waals surface area contributed by atoms with Gasteiger partial charge in [-0.05, 0) is 30.5 Å². The van der Waals surface area contributed by atoms with E-state index in [-0.39, 0.29) is 5.91 Å². The normalized spacial score (nSPS) is 16.2. The second kappa shape index (κ2) is 7.56. The number of amides is 1. The van der Waals surface area contributed by atoms with E-state index >= 15 is 0 Å². The van der Waals surface area contributed by atoms with Crippen molar-refractivity contribution in [2.24, 2.45) is 4.99 Å². The number of aliphatic imine (C=N–C) groups is 1. The zero-order valence-electron chi connectivity index (χ0n) is 12.7. The molecule has 5 nitrogen and oxygen atoms in total. The summed E-state index contributed by atoms with van der Waals surface area (Å²) in [6.45, 7) is 0.841. The molecule has 118 valence electrons. The van der Waals surface area contributed by atoms with Crippen molar-refractivity contribution in [1.82, 2.24) is 9.80 Å². The quantitative estimate of drug-likeness (QED) is 0.774. The second-order valence-corrected chi connectivity index (χ2v) is 6.05. The highest BCUT2D eigenvalue weighted by molar-refractivity contribution is 8.13. The summed E-state index contributed by atoms with van der Waals surface area (Å²) in [4.78, 5) is 20.1. The Bertz CT molecular complexity index is 599. The van der Waals surface area contributed by atoms with E-state index in [0.29, 0.717) is 29.0 Å². The molecule has 0 fully saturated rings. The van der Waals surface area contributed by atoms with Crippen LogP contribution in [0.3, 0.4) is 0 Å². The molecule has 0 saturated heterocycles. The van der Waals surface area contributed by atoms with Crippen molar-refractivity contribution < 1.29 is 9.53 Å². The molecule has 1 aromatic rings. The molecule has 7 heteroatoms. The molecule has 0 unspecified atom stereocenters. The van der Waals surface area contributed by atoms with Crippen LogP contribution in [0.25, 0.3) is 0 Å². The number of hydrogen-bond donors (Lipinski definition) is 0. The van der Waals surface area contributed by atoms with Gasteiger partial charge in [0.25, 0.3) is 5.91 Å². The van der Waals surface area contributed by atoms with Crippen molar-refractivity contribution in [1.29, 1.82) is 0 Å². The van der Waals surface area contributed by atoms with Gasteiger partial charge in [0, 0.05) is 25.3 Å². The van der Waals surface area contributed by atoms with Crippen molar-refractivity contribution in [2.45, 2.75) is 0 Å². The van der Waals surface area contributed by atoms with Crippen LogP contribution in [-0.2, 0) is 4.79 Å². The van der Waals surface area contributed by atoms with E-state index in [1.54, 1.807) is 35.4 Å². The summed E-state index contributed by atoms with van der Waals surface area (Å²) in [7, 11) is 3.72. The first-order chi connectivity index (χ1) is 10.5. The molecule has 1 aromatic carbocycles. The molecule has 1 aliphatic heterocycles. The standard InChI is InChI=1S/C15H18ClN3O2S/c1-18(2)10-13-14(20)19(15(17-13)22-3)8-9-21-12-6-4-11(16)5-7-12/h4-7,10H,8-9H2,1-3H3. The van der Waals surface area contributed by atoms with E-state index < -0.39 is 0 Å². The molecule has 0 radical (unpaired) electrons. The number of ether oxygens (including phenoxy) is 1. The van der Waals surface area contributed by atoms with Crippen LogP contribution < -0.4 is 4.74 Å². The van der Waals surface area contributed by atoms with Gasteiger partial charge in [0.15, 0.2) is 5.17 Å². The smallest absolute Gasteiger partial charge is 0.280 e. The van der Waals surface area contributed by atoms with Crippen LogP contribution in [0.4, 0.5) is 0 Å². The van der Waals surface area contributed by atoms with Gasteiger partial charge in [0.05, 0.1) is 6.54 Å². The van der Waals surface area contributed by atoms with Gasteiger partial charge in [-0.2, -0.15) is 0 Å². The first-order valence-corrected chi connectivity index (χ1v) is 8.32. The Morgan fingerprint density at radius 3 is 2.64 bits per heavy atom. The fraction of sp³-hybridized carbons (Fsp3) is 0.333. The number of carbonyl (C=O) groups excluding carboxylic acids is 1. The molecule has 0 bridgehead atoms. The lowest BCUT2D eigenvalue weighted by atomic mass is 10.3. The SMILES string of the molecule is CSC1=NC(=CN(C)C)C(=O)N1CCOc1ccc(Cl)cc1. The Hall–Kier alpha value is -1.66. The highest BCUT2D eigenvalue weighted by Crippen LogP contribution is 2.21. The maximum absolute atomic E-state index is 12.3. The van der Waals surface area contributed by atoms with Gasteiger partial charge in [-0.1, -0.05) is 23.4 Å². The molecule has 0 N–H and O–H groups in total. The third kappa shape index (κ3) is 4.18. The zero-order valence-corrected chi connectivity index (χ0v) is 14.3. The molecule has 0 atom stereocenters. The predicted molar refractivity (Wildman–Crippen MR) is 91.4 cm³/mol. The molecule has 0 aromatic heterocycles.